The molecule has 0 aliphatic heterocycles. The van der Waals surface area contributed by atoms with Crippen LogP contribution >= 0.6 is 0 Å². The van der Waals surface area contributed by atoms with Gasteiger partial charge >= 0.3 is 0 Å². The van der Waals surface area contributed by atoms with Crippen LogP contribution in [-0.2, 0) is 5.41 Å². The largest absolute Gasteiger partial charge is 0.309 e. The van der Waals surface area contributed by atoms with Gasteiger partial charge in [0.1, 0.15) is 0 Å². The van der Waals surface area contributed by atoms with Gasteiger partial charge < -0.3 is 4.90 Å². The quantitative estimate of drug-likeness (QED) is 0.166. The molecule has 0 heterocycles. The molecule has 9 aromatic rings. The Kier molecular flexibility index (Phi) is 6.91. The Labute approximate surface area is 305 Å². The van der Waals surface area contributed by atoms with Gasteiger partial charge in [-0.1, -0.05) is 178 Å². The van der Waals surface area contributed by atoms with Gasteiger partial charge in [0, 0.05) is 27.6 Å². The average Bonchev–Trinajstić information content (AvgIpc) is 3.44. The van der Waals surface area contributed by atoms with Crippen LogP contribution in [-0.4, -0.2) is 0 Å². The van der Waals surface area contributed by atoms with Crippen LogP contribution in [0.5, 0.6) is 0 Å². The van der Waals surface area contributed by atoms with Crippen molar-refractivity contribution in [1.29, 1.82) is 0 Å². The normalized spacial score (nSPS) is 13.0. The average molecular weight is 664 g/mol. The van der Waals surface area contributed by atoms with Crippen molar-refractivity contribution in [1.82, 2.24) is 0 Å². The van der Waals surface area contributed by atoms with Crippen LogP contribution in [0.25, 0.3) is 65.7 Å². The molecule has 0 spiro atoms. The van der Waals surface area contributed by atoms with E-state index in [9.17, 15) is 0 Å². The Morgan fingerprint density at radius 3 is 1.79 bits per heavy atom. The third-order valence-electron chi connectivity index (χ3n) is 11.2. The van der Waals surface area contributed by atoms with Gasteiger partial charge in [0.25, 0.3) is 0 Å². The zero-order valence-corrected chi connectivity index (χ0v) is 29.3. The summed E-state index contributed by atoms with van der Waals surface area (Å²) in [7, 11) is 0. The number of hydrogen-bond donors (Lipinski definition) is 0. The first-order valence-electron chi connectivity index (χ1n) is 18.2. The predicted octanol–water partition coefficient (Wildman–Crippen LogP) is 14.3. The van der Waals surface area contributed by atoms with Gasteiger partial charge in [-0.2, -0.15) is 0 Å². The van der Waals surface area contributed by atoms with Gasteiger partial charge in [0.2, 0.25) is 0 Å². The maximum atomic E-state index is 2.56. The highest BCUT2D eigenvalue weighted by molar-refractivity contribution is 6.23. The molecule has 0 amide bonds. The monoisotopic (exact) mass is 663 g/mol. The lowest BCUT2D eigenvalue weighted by atomic mass is 9.82. The minimum atomic E-state index is -0.140. The summed E-state index contributed by atoms with van der Waals surface area (Å²) in [4.78, 5) is 2.56. The summed E-state index contributed by atoms with van der Waals surface area (Å²) in [6.45, 7) is 4.74. The van der Waals surface area contributed by atoms with Gasteiger partial charge in [0.05, 0.1) is 11.4 Å². The van der Waals surface area contributed by atoms with Crippen molar-refractivity contribution in [3.05, 3.63) is 199 Å². The molecule has 9 aromatic carbocycles. The maximum absolute atomic E-state index is 2.56. The van der Waals surface area contributed by atoms with E-state index >= 15 is 0 Å². The topological polar surface area (TPSA) is 3.24 Å². The maximum Gasteiger partial charge on any atom is 0.0625 e. The zero-order valence-electron chi connectivity index (χ0n) is 29.3. The number of fused-ring (bicyclic) bond motifs is 7. The van der Waals surface area contributed by atoms with Crippen LogP contribution in [0.1, 0.15) is 25.0 Å². The third kappa shape index (κ3) is 4.63. The molecule has 0 unspecified atom stereocenters. The lowest BCUT2D eigenvalue weighted by Crippen LogP contribution is -2.17. The predicted molar refractivity (Wildman–Crippen MR) is 222 cm³/mol. The van der Waals surface area contributed by atoms with Crippen LogP contribution in [0.15, 0.2) is 188 Å². The van der Waals surface area contributed by atoms with E-state index in [-0.39, 0.29) is 5.41 Å². The minimum absolute atomic E-state index is 0.140. The molecule has 0 atom stereocenters. The molecule has 0 N–H and O–H groups in total. The minimum Gasteiger partial charge on any atom is -0.309 e. The molecule has 0 bridgehead atoms. The van der Waals surface area contributed by atoms with Gasteiger partial charge in [0.15, 0.2) is 0 Å². The van der Waals surface area contributed by atoms with E-state index in [1.807, 2.05) is 0 Å². The summed E-state index contributed by atoms with van der Waals surface area (Å²) in [5.41, 5.74) is 13.5. The first kappa shape index (κ1) is 30.4. The van der Waals surface area contributed by atoms with Gasteiger partial charge in [-0.15, -0.1) is 0 Å². The molecule has 1 aliphatic carbocycles. The van der Waals surface area contributed by atoms with Crippen molar-refractivity contribution in [3.63, 3.8) is 0 Å². The molecular formula is C51H37N. The standard InChI is InChI=1S/C51H37N/c1-51(2)46-26-14-12-23-42(46)43-31-30-38(33-47(43)51)52(48-27-15-13-20-39(48)35-17-4-3-5-18-35)50-45-25-11-9-22-41(45)40-21-8-10-24-44(40)49(50)37-29-28-34-16-6-7-19-36(34)32-37/h3-33H,1-2H3. The van der Waals surface area contributed by atoms with E-state index in [4.69, 9.17) is 0 Å². The summed E-state index contributed by atoms with van der Waals surface area (Å²) < 4.78 is 0. The zero-order chi connectivity index (χ0) is 34.8. The second-order valence-electron chi connectivity index (χ2n) is 14.5. The molecular weight excluding hydrogens is 627 g/mol. The number of para-hydroxylation sites is 1. The van der Waals surface area contributed by atoms with Crippen molar-refractivity contribution >= 4 is 49.4 Å². The lowest BCUT2D eigenvalue weighted by Gasteiger charge is -2.33. The molecule has 10 rings (SSSR count). The molecule has 1 aliphatic rings. The highest BCUT2D eigenvalue weighted by atomic mass is 15.1. The van der Waals surface area contributed by atoms with Crippen molar-refractivity contribution < 1.29 is 0 Å². The summed E-state index contributed by atoms with van der Waals surface area (Å²) in [5.74, 6) is 0. The smallest absolute Gasteiger partial charge is 0.0625 e. The Morgan fingerprint density at radius 2 is 0.981 bits per heavy atom. The molecule has 0 aromatic heterocycles. The Hall–Kier alpha value is -6.44. The molecule has 0 saturated heterocycles. The second-order valence-corrected chi connectivity index (χ2v) is 14.5. The molecule has 0 saturated carbocycles. The Bertz CT molecular complexity index is 2830. The van der Waals surface area contributed by atoms with Crippen LogP contribution in [0.3, 0.4) is 0 Å². The van der Waals surface area contributed by atoms with E-state index in [1.54, 1.807) is 0 Å². The second kappa shape index (κ2) is 11.8. The first-order valence-corrected chi connectivity index (χ1v) is 18.2. The SMILES string of the molecule is CC1(C)c2ccccc2-c2ccc(N(c3ccccc3-c3ccccc3)c3c(-c4ccc5ccccc5c4)c4ccccc4c4ccccc34)cc21. The number of hydrogen-bond acceptors (Lipinski definition) is 1. The van der Waals surface area contributed by atoms with E-state index < -0.39 is 0 Å². The Balaban J connectivity index is 1.36. The van der Waals surface area contributed by atoms with Crippen molar-refractivity contribution in [2.45, 2.75) is 19.3 Å². The van der Waals surface area contributed by atoms with Crippen LogP contribution in [0.4, 0.5) is 17.1 Å². The number of rotatable bonds is 5. The molecule has 0 radical (unpaired) electrons. The molecule has 0 fully saturated rings. The fraction of sp³-hybridized carbons (Fsp3) is 0.0588. The lowest BCUT2D eigenvalue weighted by molar-refractivity contribution is 0.660. The van der Waals surface area contributed by atoms with Crippen LogP contribution in [0, 0.1) is 0 Å². The third-order valence-corrected chi connectivity index (χ3v) is 11.2. The highest BCUT2D eigenvalue weighted by Crippen LogP contribution is 2.54. The number of anilines is 3. The summed E-state index contributed by atoms with van der Waals surface area (Å²) in [6, 6.07) is 69.3. The van der Waals surface area contributed by atoms with Gasteiger partial charge in [-0.3, -0.25) is 0 Å². The van der Waals surface area contributed by atoms with Crippen molar-refractivity contribution in [3.8, 4) is 33.4 Å². The summed E-state index contributed by atoms with van der Waals surface area (Å²) >= 11 is 0. The summed E-state index contributed by atoms with van der Waals surface area (Å²) in [5, 5.41) is 7.43. The van der Waals surface area contributed by atoms with Crippen LogP contribution in [0.2, 0.25) is 0 Å². The molecule has 52 heavy (non-hydrogen) atoms. The first-order chi connectivity index (χ1) is 25.6. The van der Waals surface area contributed by atoms with Gasteiger partial charge in [-0.05, 0) is 84.6 Å². The van der Waals surface area contributed by atoms with E-state index in [1.165, 1.54) is 82.5 Å². The summed E-state index contributed by atoms with van der Waals surface area (Å²) in [6.07, 6.45) is 0. The fourth-order valence-electron chi connectivity index (χ4n) is 8.74. The molecule has 246 valence electrons. The Morgan fingerprint density at radius 1 is 0.385 bits per heavy atom. The van der Waals surface area contributed by atoms with Crippen molar-refractivity contribution in [2.75, 3.05) is 4.90 Å². The number of benzene rings is 9. The van der Waals surface area contributed by atoms with Crippen LogP contribution < -0.4 is 4.90 Å². The van der Waals surface area contributed by atoms with Crippen molar-refractivity contribution in [2.24, 2.45) is 0 Å². The van der Waals surface area contributed by atoms with E-state index in [0.29, 0.717) is 0 Å². The molecule has 1 nitrogen and oxygen atoms in total. The highest BCUT2D eigenvalue weighted by Gasteiger charge is 2.36. The number of nitrogens with zero attached hydrogens (tertiary/aromatic N) is 1. The molecule has 1 heteroatoms. The van der Waals surface area contributed by atoms with E-state index in [0.717, 1.165) is 11.4 Å². The van der Waals surface area contributed by atoms with E-state index in [2.05, 4.69) is 207 Å². The van der Waals surface area contributed by atoms with Gasteiger partial charge in [-0.25, -0.2) is 0 Å². The fourth-order valence-corrected chi connectivity index (χ4v) is 8.74.